The van der Waals surface area contributed by atoms with E-state index in [9.17, 15) is 0 Å². The zero-order valence-corrected chi connectivity index (χ0v) is 14.6. The third kappa shape index (κ3) is 7.12. The number of aromatic nitrogens is 2. The highest BCUT2D eigenvalue weighted by molar-refractivity contribution is 5.19. The number of unbranched alkanes of at least 4 members (excludes halogenated alkanes) is 7. The molecule has 1 rings (SSSR count). The van der Waals surface area contributed by atoms with Crippen molar-refractivity contribution in [2.24, 2.45) is 7.05 Å². The average Bonchev–Trinajstić information content (AvgIpc) is 2.79. The summed E-state index contributed by atoms with van der Waals surface area (Å²) in [6.07, 6.45) is 14.5. The van der Waals surface area contributed by atoms with Crippen molar-refractivity contribution in [3.63, 3.8) is 0 Å². The maximum Gasteiger partial charge on any atom is 0.0641 e. The van der Waals surface area contributed by atoms with E-state index in [1.54, 1.807) is 0 Å². The van der Waals surface area contributed by atoms with Gasteiger partial charge >= 0.3 is 0 Å². The van der Waals surface area contributed by atoms with Crippen molar-refractivity contribution in [1.29, 1.82) is 0 Å². The number of rotatable bonds is 12. The lowest BCUT2D eigenvalue weighted by molar-refractivity contribution is 0.473. The Morgan fingerprint density at radius 2 is 1.67 bits per heavy atom. The molecule has 0 aliphatic rings. The van der Waals surface area contributed by atoms with Gasteiger partial charge in [-0.2, -0.15) is 5.10 Å². The molecular formula is C18H35N3. The van der Waals surface area contributed by atoms with Crippen LogP contribution in [0.15, 0.2) is 6.20 Å². The van der Waals surface area contributed by atoms with Gasteiger partial charge in [0, 0.05) is 24.8 Å². The highest BCUT2D eigenvalue weighted by atomic mass is 15.3. The quantitative estimate of drug-likeness (QED) is 0.555. The van der Waals surface area contributed by atoms with Gasteiger partial charge in [0.1, 0.15) is 0 Å². The summed E-state index contributed by atoms with van der Waals surface area (Å²) in [5, 5.41) is 8.10. The van der Waals surface area contributed by atoms with Crippen LogP contribution in [0.4, 0.5) is 0 Å². The molecule has 1 heterocycles. The molecule has 0 aromatic carbocycles. The van der Waals surface area contributed by atoms with E-state index in [-0.39, 0.29) is 0 Å². The van der Waals surface area contributed by atoms with Crippen LogP contribution in [-0.4, -0.2) is 16.3 Å². The Bertz CT molecular complexity index is 371. The van der Waals surface area contributed by atoms with Gasteiger partial charge in [-0.15, -0.1) is 0 Å². The smallest absolute Gasteiger partial charge is 0.0641 e. The van der Waals surface area contributed by atoms with E-state index < -0.39 is 0 Å². The predicted octanol–water partition coefficient (Wildman–Crippen LogP) is 4.91. The second-order valence-corrected chi connectivity index (χ2v) is 6.22. The van der Waals surface area contributed by atoms with Crippen LogP contribution in [0.2, 0.25) is 0 Å². The summed E-state index contributed by atoms with van der Waals surface area (Å²) in [6.45, 7) is 7.61. The highest BCUT2D eigenvalue weighted by Gasteiger charge is 2.14. The molecule has 0 bridgehead atoms. The fourth-order valence-corrected chi connectivity index (χ4v) is 3.06. The minimum absolute atomic E-state index is 0.476. The molecule has 21 heavy (non-hydrogen) atoms. The van der Waals surface area contributed by atoms with E-state index in [0.717, 1.165) is 6.54 Å². The Morgan fingerprint density at radius 3 is 2.19 bits per heavy atom. The molecule has 122 valence electrons. The first-order chi connectivity index (χ1) is 10.2. The highest BCUT2D eigenvalue weighted by Crippen LogP contribution is 2.22. The van der Waals surface area contributed by atoms with E-state index in [4.69, 9.17) is 0 Å². The molecular weight excluding hydrogens is 258 g/mol. The van der Waals surface area contributed by atoms with Crippen molar-refractivity contribution in [2.45, 2.75) is 84.6 Å². The van der Waals surface area contributed by atoms with Crippen LogP contribution < -0.4 is 5.32 Å². The van der Waals surface area contributed by atoms with Crippen LogP contribution in [-0.2, 0) is 7.05 Å². The lowest BCUT2D eigenvalue weighted by Crippen LogP contribution is -2.21. The summed E-state index contributed by atoms with van der Waals surface area (Å²) >= 11 is 0. The molecule has 0 radical (unpaired) electrons. The minimum atomic E-state index is 0.476. The van der Waals surface area contributed by atoms with Gasteiger partial charge in [-0.05, 0) is 19.9 Å². The summed E-state index contributed by atoms with van der Waals surface area (Å²) in [5.41, 5.74) is 2.55. The van der Waals surface area contributed by atoms with Crippen LogP contribution in [0, 0.1) is 6.92 Å². The molecule has 1 N–H and O–H groups in total. The van der Waals surface area contributed by atoms with E-state index in [1.807, 2.05) is 11.7 Å². The van der Waals surface area contributed by atoms with Gasteiger partial charge in [0.2, 0.25) is 0 Å². The second-order valence-electron chi connectivity index (χ2n) is 6.22. The molecule has 0 saturated carbocycles. The molecule has 0 aliphatic heterocycles. The molecule has 1 atom stereocenters. The molecule has 3 nitrogen and oxygen atoms in total. The first-order valence-corrected chi connectivity index (χ1v) is 8.92. The fourth-order valence-electron chi connectivity index (χ4n) is 3.06. The Kier molecular flexibility index (Phi) is 9.40. The number of hydrogen-bond acceptors (Lipinski definition) is 2. The molecule has 0 spiro atoms. The van der Waals surface area contributed by atoms with Gasteiger partial charge in [-0.3, -0.25) is 4.68 Å². The first kappa shape index (κ1) is 18.2. The van der Waals surface area contributed by atoms with Gasteiger partial charge in [0.25, 0.3) is 0 Å². The van der Waals surface area contributed by atoms with Crippen molar-refractivity contribution < 1.29 is 0 Å². The van der Waals surface area contributed by atoms with Crippen molar-refractivity contribution in [3.05, 3.63) is 17.5 Å². The van der Waals surface area contributed by atoms with Crippen LogP contribution >= 0.6 is 0 Å². The normalized spacial score (nSPS) is 12.8. The van der Waals surface area contributed by atoms with E-state index in [1.165, 1.54) is 69.0 Å². The van der Waals surface area contributed by atoms with E-state index >= 15 is 0 Å². The van der Waals surface area contributed by atoms with Crippen molar-refractivity contribution in [2.75, 3.05) is 6.54 Å². The van der Waals surface area contributed by atoms with Gasteiger partial charge in [0.15, 0.2) is 0 Å². The van der Waals surface area contributed by atoms with E-state index in [2.05, 4.69) is 37.4 Å². The van der Waals surface area contributed by atoms with E-state index in [0.29, 0.717) is 6.04 Å². The molecule has 0 amide bonds. The zero-order valence-electron chi connectivity index (χ0n) is 14.6. The average molecular weight is 293 g/mol. The molecule has 1 aromatic rings. The molecule has 1 unspecified atom stereocenters. The Balaban J connectivity index is 2.24. The Labute approximate surface area is 131 Å². The number of nitrogens with zero attached hydrogens (tertiary/aromatic N) is 2. The van der Waals surface area contributed by atoms with Gasteiger partial charge in [0.05, 0.1) is 5.69 Å². The minimum Gasteiger partial charge on any atom is -0.310 e. The van der Waals surface area contributed by atoms with Crippen molar-refractivity contribution >= 4 is 0 Å². The maximum atomic E-state index is 4.48. The summed E-state index contributed by atoms with van der Waals surface area (Å²) in [5.74, 6) is 0. The summed E-state index contributed by atoms with van der Waals surface area (Å²) in [4.78, 5) is 0. The van der Waals surface area contributed by atoms with Crippen LogP contribution in [0.3, 0.4) is 0 Å². The topological polar surface area (TPSA) is 29.9 Å². The van der Waals surface area contributed by atoms with Crippen LogP contribution in [0.25, 0.3) is 0 Å². The Hall–Kier alpha value is -0.830. The number of aryl methyl sites for hydroxylation is 2. The van der Waals surface area contributed by atoms with Crippen molar-refractivity contribution in [3.8, 4) is 0 Å². The van der Waals surface area contributed by atoms with Crippen molar-refractivity contribution in [1.82, 2.24) is 15.1 Å². The maximum absolute atomic E-state index is 4.48. The zero-order chi connectivity index (χ0) is 15.5. The van der Waals surface area contributed by atoms with Crippen LogP contribution in [0.1, 0.15) is 88.9 Å². The Morgan fingerprint density at radius 1 is 1.05 bits per heavy atom. The SMILES string of the molecule is CCCCCCCCCCC(NCC)c1cn(C)nc1C. The molecule has 0 aliphatic carbocycles. The molecule has 3 heteroatoms. The summed E-state index contributed by atoms with van der Waals surface area (Å²) < 4.78 is 1.93. The largest absolute Gasteiger partial charge is 0.310 e. The lowest BCUT2D eigenvalue weighted by atomic mass is 10.00. The van der Waals surface area contributed by atoms with Gasteiger partial charge in [-0.1, -0.05) is 65.2 Å². The third-order valence-electron chi connectivity index (χ3n) is 4.22. The fraction of sp³-hybridized carbons (Fsp3) is 0.833. The predicted molar refractivity (Wildman–Crippen MR) is 91.6 cm³/mol. The standard InChI is InChI=1S/C18H35N3/c1-5-7-8-9-10-11-12-13-14-18(19-6-2)17-15-21(4)20-16(17)3/h15,18-19H,5-14H2,1-4H3. The first-order valence-electron chi connectivity index (χ1n) is 8.92. The monoisotopic (exact) mass is 293 g/mol. The molecule has 0 saturated heterocycles. The summed E-state index contributed by atoms with van der Waals surface area (Å²) in [7, 11) is 2.01. The van der Waals surface area contributed by atoms with Crippen LogP contribution in [0.5, 0.6) is 0 Å². The summed E-state index contributed by atoms with van der Waals surface area (Å²) in [6, 6.07) is 0.476. The number of hydrogen-bond donors (Lipinski definition) is 1. The molecule has 0 fully saturated rings. The molecule has 1 aromatic heterocycles. The lowest BCUT2D eigenvalue weighted by Gasteiger charge is -2.17. The van der Waals surface area contributed by atoms with Gasteiger partial charge in [-0.25, -0.2) is 0 Å². The second kappa shape index (κ2) is 10.8. The number of nitrogens with one attached hydrogen (secondary N) is 1. The van der Waals surface area contributed by atoms with Gasteiger partial charge < -0.3 is 5.32 Å². The third-order valence-corrected chi connectivity index (χ3v) is 4.22.